The number of anilines is 1. The highest BCUT2D eigenvalue weighted by atomic mass is 16.4. The van der Waals surface area contributed by atoms with Crippen LogP contribution in [0.15, 0.2) is 30.3 Å². The highest BCUT2D eigenvalue weighted by Gasteiger charge is 2.45. The fourth-order valence-electron chi connectivity index (χ4n) is 2.82. The number of hydrogen-bond donors (Lipinski definition) is 2. The average molecular weight is 284 g/mol. The Morgan fingerprint density at radius 1 is 1.38 bits per heavy atom. The highest BCUT2D eigenvalue weighted by molar-refractivity contribution is 5.97. The molecule has 0 bridgehead atoms. The molecule has 2 aromatic rings. The van der Waals surface area contributed by atoms with Gasteiger partial charge in [0.05, 0.1) is 0 Å². The van der Waals surface area contributed by atoms with Crippen molar-refractivity contribution in [1.29, 1.82) is 0 Å². The average Bonchev–Trinajstić information content (AvgIpc) is 3.25. The van der Waals surface area contributed by atoms with Gasteiger partial charge in [-0.15, -0.1) is 0 Å². The monoisotopic (exact) mass is 284 g/mol. The quantitative estimate of drug-likeness (QED) is 0.877. The first-order chi connectivity index (χ1) is 10.0. The summed E-state index contributed by atoms with van der Waals surface area (Å²) in [5.74, 6) is 0.310. The van der Waals surface area contributed by atoms with Gasteiger partial charge in [0.1, 0.15) is 5.82 Å². The van der Waals surface area contributed by atoms with E-state index in [4.69, 9.17) is 0 Å². The van der Waals surface area contributed by atoms with E-state index >= 15 is 0 Å². The third-order valence-electron chi connectivity index (χ3n) is 4.68. The largest absolute Gasteiger partial charge is 0.477 e. The number of carboxylic acid groups (broad SMARTS) is 1. The number of nitrogens with one attached hydrogen (secondary N) is 1. The summed E-state index contributed by atoms with van der Waals surface area (Å²) in [5.41, 5.74) is 0.438. The molecule has 4 heteroatoms. The van der Waals surface area contributed by atoms with Crippen LogP contribution in [0.3, 0.4) is 0 Å². The Morgan fingerprint density at radius 3 is 2.71 bits per heavy atom. The molecule has 2 N–H and O–H groups in total. The molecular weight excluding hydrogens is 264 g/mol. The molecule has 1 saturated carbocycles. The number of aromatic carboxylic acids is 1. The van der Waals surface area contributed by atoms with Crippen LogP contribution in [0, 0.1) is 11.3 Å². The molecule has 1 aliphatic carbocycles. The summed E-state index contributed by atoms with van der Waals surface area (Å²) >= 11 is 0. The molecule has 1 aromatic carbocycles. The Morgan fingerprint density at radius 2 is 2.10 bits per heavy atom. The van der Waals surface area contributed by atoms with Crippen molar-refractivity contribution in [1.82, 2.24) is 4.98 Å². The molecule has 1 aromatic heterocycles. The summed E-state index contributed by atoms with van der Waals surface area (Å²) in [7, 11) is 0. The number of aromatic nitrogens is 1. The van der Waals surface area contributed by atoms with Gasteiger partial charge in [0.25, 0.3) is 0 Å². The topological polar surface area (TPSA) is 62.2 Å². The van der Waals surface area contributed by atoms with Crippen molar-refractivity contribution in [2.24, 2.45) is 11.3 Å². The highest BCUT2D eigenvalue weighted by Crippen LogP contribution is 2.51. The zero-order valence-corrected chi connectivity index (χ0v) is 12.4. The summed E-state index contributed by atoms with van der Waals surface area (Å²) in [6, 6.07) is 9.38. The molecule has 1 fully saturated rings. The van der Waals surface area contributed by atoms with E-state index in [-0.39, 0.29) is 5.69 Å². The van der Waals surface area contributed by atoms with Crippen LogP contribution in [0.5, 0.6) is 0 Å². The normalized spacial score (nSPS) is 16.1. The van der Waals surface area contributed by atoms with Gasteiger partial charge in [0, 0.05) is 11.9 Å². The summed E-state index contributed by atoms with van der Waals surface area (Å²) in [5, 5.41) is 14.5. The van der Waals surface area contributed by atoms with E-state index in [0.29, 0.717) is 17.2 Å². The van der Waals surface area contributed by atoms with E-state index in [1.165, 1.54) is 12.8 Å². The second-order valence-corrected chi connectivity index (χ2v) is 6.25. The Balaban J connectivity index is 1.95. The van der Waals surface area contributed by atoms with Crippen molar-refractivity contribution in [3.63, 3.8) is 0 Å². The Kier molecular flexibility index (Phi) is 3.32. The van der Waals surface area contributed by atoms with Crippen molar-refractivity contribution in [3.8, 4) is 0 Å². The van der Waals surface area contributed by atoms with E-state index < -0.39 is 5.97 Å². The van der Waals surface area contributed by atoms with E-state index in [2.05, 4.69) is 24.1 Å². The van der Waals surface area contributed by atoms with Gasteiger partial charge in [0.15, 0.2) is 5.69 Å². The zero-order chi connectivity index (χ0) is 15.0. The fraction of sp³-hybridized carbons (Fsp3) is 0.412. The number of rotatable bonds is 5. The Bertz CT molecular complexity index is 690. The maximum atomic E-state index is 11.2. The van der Waals surface area contributed by atoms with Gasteiger partial charge < -0.3 is 10.4 Å². The lowest BCUT2D eigenvalue weighted by Gasteiger charge is -2.21. The van der Waals surface area contributed by atoms with Crippen LogP contribution in [0.25, 0.3) is 10.8 Å². The minimum atomic E-state index is -0.992. The van der Waals surface area contributed by atoms with Gasteiger partial charge in [0.2, 0.25) is 0 Å². The van der Waals surface area contributed by atoms with E-state index in [0.717, 1.165) is 17.3 Å². The van der Waals surface area contributed by atoms with Crippen LogP contribution in [-0.4, -0.2) is 22.6 Å². The van der Waals surface area contributed by atoms with Crippen LogP contribution in [0.4, 0.5) is 5.82 Å². The van der Waals surface area contributed by atoms with Crippen molar-refractivity contribution in [2.45, 2.75) is 26.7 Å². The van der Waals surface area contributed by atoms with Crippen molar-refractivity contribution in [2.75, 3.05) is 11.9 Å². The molecule has 0 spiro atoms. The van der Waals surface area contributed by atoms with Crippen LogP contribution in [-0.2, 0) is 0 Å². The SMILES string of the molecule is CC(C)C1(CNc2nc(C(=O)O)cc3ccccc23)CC1. The molecule has 0 saturated heterocycles. The molecule has 0 amide bonds. The van der Waals surface area contributed by atoms with Crippen LogP contribution in [0.2, 0.25) is 0 Å². The molecule has 0 aliphatic heterocycles. The molecule has 110 valence electrons. The van der Waals surface area contributed by atoms with Crippen molar-refractivity contribution >= 4 is 22.6 Å². The maximum Gasteiger partial charge on any atom is 0.354 e. The smallest absolute Gasteiger partial charge is 0.354 e. The first-order valence-corrected chi connectivity index (χ1v) is 7.39. The molecule has 21 heavy (non-hydrogen) atoms. The second-order valence-electron chi connectivity index (χ2n) is 6.25. The lowest BCUT2D eigenvalue weighted by Crippen LogP contribution is -2.21. The number of fused-ring (bicyclic) bond motifs is 1. The number of pyridine rings is 1. The third-order valence-corrected chi connectivity index (χ3v) is 4.68. The number of carbonyl (C=O) groups is 1. The van der Waals surface area contributed by atoms with Gasteiger partial charge in [-0.2, -0.15) is 0 Å². The first-order valence-electron chi connectivity index (χ1n) is 7.39. The summed E-state index contributed by atoms with van der Waals surface area (Å²) < 4.78 is 0. The van der Waals surface area contributed by atoms with Crippen molar-refractivity contribution < 1.29 is 9.90 Å². The minimum Gasteiger partial charge on any atom is -0.477 e. The number of nitrogens with zero attached hydrogens (tertiary/aromatic N) is 1. The zero-order valence-electron chi connectivity index (χ0n) is 12.4. The predicted octanol–water partition coefficient (Wildman–Crippen LogP) is 3.78. The molecule has 0 radical (unpaired) electrons. The molecule has 3 rings (SSSR count). The molecule has 0 unspecified atom stereocenters. The second kappa shape index (κ2) is 5.02. The molecule has 4 nitrogen and oxygen atoms in total. The van der Waals surface area contributed by atoms with Gasteiger partial charge in [-0.25, -0.2) is 9.78 Å². The number of hydrogen-bond acceptors (Lipinski definition) is 3. The lowest BCUT2D eigenvalue weighted by molar-refractivity contribution is 0.0691. The fourth-order valence-corrected chi connectivity index (χ4v) is 2.82. The third kappa shape index (κ3) is 2.58. The predicted molar refractivity (Wildman–Crippen MR) is 83.7 cm³/mol. The van der Waals surface area contributed by atoms with Gasteiger partial charge in [-0.3, -0.25) is 0 Å². The minimum absolute atomic E-state index is 0.0885. The molecular formula is C17H20N2O2. The maximum absolute atomic E-state index is 11.2. The van der Waals surface area contributed by atoms with Crippen LogP contribution >= 0.6 is 0 Å². The van der Waals surface area contributed by atoms with Crippen LogP contribution < -0.4 is 5.32 Å². The number of benzene rings is 1. The standard InChI is InChI=1S/C17H20N2O2/c1-11(2)17(7-8-17)10-18-15-13-6-4-3-5-12(13)9-14(19-15)16(20)21/h3-6,9,11H,7-8,10H2,1-2H3,(H,18,19)(H,20,21). The lowest BCUT2D eigenvalue weighted by atomic mass is 9.92. The first kappa shape index (κ1) is 13.9. The molecule has 0 atom stereocenters. The van der Waals surface area contributed by atoms with E-state index in [1.54, 1.807) is 6.07 Å². The van der Waals surface area contributed by atoms with Gasteiger partial charge in [-0.1, -0.05) is 38.1 Å². The van der Waals surface area contributed by atoms with E-state index in [1.807, 2.05) is 24.3 Å². The van der Waals surface area contributed by atoms with E-state index in [9.17, 15) is 9.90 Å². The van der Waals surface area contributed by atoms with Gasteiger partial charge >= 0.3 is 5.97 Å². The van der Waals surface area contributed by atoms with Crippen LogP contribution in [0.1, 0.15) is 37.2 Å². The molecule has 1 aliphatic rings. The Hall–Kier alpha value is -2.10. The summed E-state index contributed by atoms with van der Waals surface area (Å²) in [6.45, 7) is 5.34. The van der Waals surface area contributed by atoms with Crippen molar-refractivity contribution in [3.05, 3.63) is 36.0 Å². The Labute approximate surface area is 124 Å². The number of carboxylic acids is 1. The molecule has 1 heterocycles. The summed E-state index contributed by atoms with van der Waals surface area (Å²) in [4.78, 5) is 15.5. The summed E-state index contributed by atoms with van der Waals surface area (Å²) in [6.07, 6.45) is 2.46. The van der Waals surface area contributed by atoms with Gasteiger partial charge in [-0.05, 0) is 35.6 Å².